The highest BCUT2D eigenvalue weighted by molar-refractivity contribution is 7.93. The Labute approximate surface area is 124 Å². The van der Waals surface area contributed by atoms with Gasteiger partial charge in [0.15, 0.2) is 0 Å². The number of benzene rings is 2. The largest absolute Gasteiger partial charge is 0.612 e. The molecule has 2 rings (SSSR count). The summed E-state index contributed by atoms with van der Waals surface area (Å²) in [4.78, 5) is 10.4. The van der Waals surface area contributed by atoms with E-state index in [4.69, 9.17) is 0 Å². The van der Waals surface area contributed by atoms with Crippen LogP contribution < -0.4 is 0 Å². The average Bonchev–Trinajstić information content (AvgIpc) is 2.48. The smallest absolute Gasteiger partial charge is 0.276 e. The molecule has 2 aromatic carbocycles. The summed E-state index contributed by atoms with van der Waals surface area (Å²) < 4.78 is 24.7. The molecule has 0 aliphatic rings. The molecule has 6 heteroatoms. The first-order valence-electron chi connectivity index (χ1n) is 6.09. The second-order valence-corrected chi connectivity index (χ2v) is 5.59. The zero-order chi connectivity index (χ0) is 15.2. The van der Waals surface area contributed by atoms with Crippen LogP contribution in [0.15, 0.2) is 53.9 Å². The van der Waals surface area contributed by atoms with Crippen LogP contribution in [0.4, 0.5) is 10.1 Å². The first-order chi connectivity index (χ1) is 10.1. The maximum atomic E-state index is 12.8. The number of hydrogen-bond donors (Lipinski definition) is 0. The SMILES string of the molecule is O=[N+]([O-])c1ccccc1/C=C/[S+]([O-])Cc1ccc(F)cc1. The van der Waals surface area contributed by atoms with Crippen LogP contribution in [0.25, 0.3) is 6.08 Å². The summed E-state index contributed by atoms with van der Waals surface area (Å²) in [5, 5.41) is 12.3. The number of hydrogen-bond acceptors (Lipinski definition) is 3. The van der Waals surface area contributed by atoms with Crippen molar-refractivity contribution in [2.45, 2.75) is 5.75 Å². The number of nitro benzene ring substituents is 1. The minimum absolute atomic E-state index is 0.0347. The van der Waals surface area contributed by atoms with Crippen molar-refractivity contribution in [3.63, 3.8) is 0 Å². The van der Waals surface area contributed by atoms with E-state index in [2.05, 4.69) is 0 Å². The molecule has 0 bridgehead atoms. The topological polar surface area (TPSA) is 66.2 Å². The van der Waals surface area contributed by atoms with Crippen LogP contribution in [0.2, 0.25) is 0 Å². The van der Waals surface area contributed by atoms with Gasteiger partial charge in [0.25, 0.3) is 5.69 Å². The van der Waals surface area contributed by atoms with E-state index < -0.39 is 16.1 Å². The van der Waals surface area contributed by atoms with E-state index >= 15 is 0 Å². The molecular weight excluding hydrogens is 293 g/mol. The second kappa shape index (κ2) is 7.01. The zero-order valence-corrected chi connectivity index (χ0v) is 11.8. The van der Waals surface area contributed by atoms with E-state index in [9.17, 15) is 19.1 Å². The maximum Gasteiger partial charge on any atom is 0.276 e. The Balaban J connectivity index is 2.07. The molecule has 0 aromatic heterocycles. The molecule has 0 radical (unpaired) electrons. The van der Waals surface area contributed by atoms with Crippen LogP contribution in [0.5, 0.6) is 0 Å². The summed E-state index contributed by atoms with van der Waals surface area (Å²) >= 11 is -1.33. The Kier molecular flexibility index (Phi) is 5.08. The maximum absolute atomic E-state index is 12.8. The minimum atomic E-state index is -1.33. The molecule has 108 valence electrons. The third-order valence-electron chi connectivity index (χ3n) is 2.76. The molecule has 0 saturated carbocycles. The highest BCUT2D eigenvalue weighted by Gasteiger charge is 2.11. The van der Waals surface area contributed by atoms with Gasteiger partial charge in [-0.3, -0.25) is 10.1 Å². The molecule has 0 aliphatic carbocycles. The third kappa shape index (κ3) is 4.40. The first-order valence-corrected chi connectivity index (χ1v) is 7.48. The lowest BCUT2D eigenvalue weighted by molar-refractivity contribution is -0.385. The number of halogens is 1. The summed E-state index contributed by atoms with van der Waals surface area (Å²) in [6, 6.07) is 12.0. The van der Waals surface area contributed by atoms with Crippen molar-refractivity contribution in [2.75, 3.05) is 0 Å². The second-order valence-electron chi connectivity index (χ2n) is 4.27. The molecule has 0 amide bonds. The molecule has 0 heterocycles. The standard InChI is InChI=1S/C15H12FNO3S/c16-14-7-5-12(6-8-14)11-21(20)10-9-13-3-1-2-4-15(13)17(18)19/h1-10H,11H2/b10-9+. The number of nitrogens with zero attached hydrogens (tertiary/aromatic N) is 1. The van der Waals surface area contributed by atoms with Gasteiger partial charge in [0.05, 0.1) is 10.5 Å². The van der Waals surface area contributed by atoms with Crippen LogP contribution in [0.3, 0.4) is 0 Å². The molecule has 1 unspecified atom stereocenters. The molecule has 0 aliphatic heterocycles. The molecule has 1 atom stereocenters. The lowest BCUT2D eigenvalue weighted by Crippen LogP contribution is -2.00. The zero-order valence-electron chi connectivity index (χ0n) is 10.9. The predicted molar refractivity (Wildman–Crippen MR) is 80.4 cm³/mol. The number of nitro groups is 1. The Morgan fingerprint density at radius 2 is 1.81 bits per heavy atom. The fraction of sp³-hybridized carbons (Fsp3) is 0.0667. The quantitative estimate of drug-likeness (QED) is 0.481. The summed E-state index contributed by atoms with van der Waals surface area (Å²) in [6.07, 6.45) is 1.47. The van der Waals surface area contributed by atoms with E-state index in [-0.39, 0.29) is 17.3 Å². The predicted octanol–water partition coefficient (Wildman–Crippen LogP) is 3.65. The molecule has 0 spiro atoms. The van der Waals surface area contributed by atoms with Gasteiger partial charge < -0.3 is 4.55 Å². The van der Waals surface area contributed by atoms with Crippen LogP contribution in [0, 0.1) is 15.9 Å². The van der Waals surface area contributed by atoms with E-state index in [0.717, 1.165) is 5.56 Å². The molecule has 21 heavy (non-hydrogen) atoms. The van der Waals surface area contributed by atoms with Crippen molar-refractivity contribution in [1.82, 2.24) is 0 Å². The van der Waals surface area contributed by atoms with Crippen molar-refractivity contribution >= 4 is 22.9 Å². The van der Waals surface area contributed by atoms with Crippen molar-refractivity contribution < 1.29 is 13.9 Å². The minimum Gasteiger partial charge on any atom is -0.612 e. The molecule has 0 saturated heterocycles. The van der Waals surface area contributed by atoms with Crippen LogP contribution in [0.1, 0.15) is 11.1 Å². The van der Waals surface area contributed by atoms with Gasteiger partial charge >= 0.3 is 0 Å². The third-order valence-corrected chi connectivity index (χ3v) is 3.81. The Bertz CT molecular complexity index is 658. The van der Waals surface area contributed by atoms with Gasteiger partial charge in [-0.05, 0) is 35.5 Å². The monoisotopic (exact) mass is 305 g/mol. The molecule has 0 N–H and O–H groups in total. The van der Waals surface area contributed by atoms with E-state index in [1.165, 1.54) is 29.7 Å². The fourth-order valence-electron chi connectivity index (χ4n) is 1.74. The number of rotatable bonds is 5. The number of para-hydroxylation sites is 1. The van der Waals surface area contributed by atoms with E-state index in [0.29, 0.717) is 5.56 Å². The average molecular weight is 305 g/mol. The van der Waals surface area contributed by atoms with Gasteiger partial charge in [-0.25, -0.2) is 4.39 Å². The van der Waals surface area contributed by atoms with Crippen LogP contribution in [-0.2, 0) is 16.9 Å². The summed E-state index contributed by atoms with van der Waals surface area (Å²) in [5.74, 6) is -0.114. The van der Waals surface area contributed by atoms with Crippen molar-refractivity contribution in [3.8, 4) is 0 Å². The van der Waals surface area contributed by atoms with Crippen molar-refractivity contribution in [2.24, 2.45) is 0 Å². The van der Waals surface area contributed by atoms with Crippen LogP contribution >= 0.6 is 0 Å². The summed E-state index contributed by atoms with van der Waals surface area (Å²) in [6.45, 7) is 0. The Hall–Kier alpha value is -2.18. The molecule has 0 fully saturated rings. The van der Waals surface area contributed by atoms with Gasteiger partial charge in [0.2, 0.25) is 0 Å². The van der Waals surface area contributed by atoms with Crippen molar-refractivity contribution in [3.05, 3.63) is 81.0 Å². The Morgan fingerprint density at radius 3 is 2.48 bits per heavy atom. The fourth-order valence-corrected chi connectivity index (χ4v) is 2.65. The van der Waals surface area contributed by atoms with E-state index in [1.54, 1.807) is 30.3 Å². The van der Waals surface area contributed by atoms with Gasteiger partial charge in [0, 0.05) is 11.6 Å². The van der Waals surface area contributed by atoms with Gasteiger partial charge in [-0.2, -0.15) is 0 Å². The molecular formula is C15H12FNO3S. The normalized spacial score (nSPS) is 12.5. The molecule has 4 nitrogen and oxygen atoms in total. The highest BCUT2D eigenvalue weighted by atomic mass is 32.2. The van der Waals surface area contributed by atoms with Gasteiger partial charge in [-0.15, -0.1) is 0 Å². The van der Waals surface area contributed by atoms with Crippen LogP contribution in [-0.4, -0.2) is 9.48 Å². The summed E-state index contributed by atoms with van der Waals surface area (Å²) in [5.41, 5.74) is 1.10. The van der Waals surface area contributed by atoms with Gasteiger partial charge in [0.1, 0.15) is 17.0 Å². The lowest BCUT2D eigenvalue weighted by atomic mass is 10.2. The summed E-state index contributed by atoms with van der Waals surface area (Å²) in [7, 11) is 0. The lowest BCUT2D eigenvalue weighted by Gasteiger charge is -2.05. The Morgan fingerprint density at radius 1 is 1.14 bits per heavy atom. The van der Waals surface area contributed by atoms with E-state index in [1.807, 2.05) is 0 Å². The van der Waals surface area contributed by atoms with Gasteiger partial charge in [-0.1, -0.05) is 24.3 Å². The molecule has 2 aromatic rings. The first kappa shape index (κ1) is 15.2. The van der Waals surface area contributed by atoms with Crippen molar-refractivity contribution in [1.29, 1.82) is 0 Å². The highest BCUT2D eigenvalue weighted by Crippen LogP contribution is 2.20.